The average Bonchev–Trinajstić information content (AvgIpc) is 2.64. The van der Waals surface area contributed by atoms with E-state index in [1.807, 2.05) is 6.26 Å². The summed E-state index contributed by atoms with van der Waals surface area (Å²) in [6.07, 6.45) is 31.7. The smallest absolute Gasteiger partial charge is 0.220 e. The Hall–Kier alpha value is -1.48. The summed E-state index contributed by atoms with van der Waals surface area (Å²) < 4.78 is 0. The van der Waals surface area contributed by atoms with Crippen LogP contribution in [-0.2, 0) is 4.79 Å². The highest BCUT2D eigenvalue weighted by atomic mass is 32.2. The molecule has 0 fully saturated rings. The molecule has 0 aliphatic heterocycles. The lowest BCUT2D eigenvalue weighted by molar-refractivity contribution is -0.121. The standard InChI is InChI=1S/C23H37NOS/c1-3-4-5-6-7-8-9-10-11-12-13-14-15-16-17-18-19-20-23(25)24-21-22-26-2/h4-5,7-8,10-11,13-14,16-17H,3,6,9,12,15,18-22H2,1-2H3,(H,24,25)/b5-4-,8-7-,11-10-,14-13-,17-16-. The lowest BCUT2D eigenvalue weighted by Gasteiger charge is -2.02. The summed E-state index contributed by atoms with van der Waals surface area (Å²) in [5.41, 5.74) is 0. The fourth-order valence-electron chi connectivity index (χ4n) is 2.13. The fraction of sp³-hybridized carbons (Fsp3) is 0.522. The largest absolute Gasteiger partial charge is 0.355 e. The quantitative estimate of drug-likeness (QED) is 0.250. The van der Waals surface area contributed by atoms with E-state index in [-0.39, 0.29) is 5.91 Å². The van der Waals surface area contributed by atoms with Crippen molar-refractivity contribution in [2.24, 2.45) is 0 Å². The highest BCUT2D eigenvalue weighted by molar-refractivity contribution is 7.98. The topological polar surface area (TPSA) is 29.1 Å². The molecule has 3 heteroatoms. The molecule has 0 rings (SSSR count). The van der Waals surface area contributed by atoms with Crippen molar-refractivity contribution in [2.45, 2.75) is 58.3 Å². The second-order valence-corrected chi connectivity index (χ2v) is 6.93. The van der Waals surface area contributed by atoms with Crippen LogP contribution in [0.5, 0.6) is 0 Å². The summed E-state index contributed by atoms with van der Waals surface area (Å²) in [6, 6.07) is 0. The Bertz CT molecular complexity index is 461. The SMILES string of the molecule is CC/C=C\C/C=C\C/C=C\C/C=C\C/C=C\CCCC(=O)NCCSC. The van der Waals surface area contributed by atoms with E-state index in [4.69, 9.17) is 0 Å². The molecule has 0 saturated heterocycles. The minimum absolute atomic E-state index is 0.173. The van der Waals surface area contributed by atoms with Crippen molar-refractivity contribution in [3.05, 3.63) is 60.8 Å². The molecule has 26 heavy (non-hydrogen) atoms. The molecule has 1 amide bonds. The van der Waals surface area contributed by atoms with Crippen LogP contribution in [0.3, 0.4) is 0 Å². The van der Waals surface area contributed by atoms with Gasteiger partial charge in [-0.1, -0.05) is 67.7 Å². The highest BCUT2D eigenvalue weighted by Crippen LogP contribution is 1.99. The Balaban J connectivity index is 3.48. The molecule has 0 spiro atoms. The maximum atomic E-state index is 11.5. The van der Waals surface area contributed by atoms with Crippen LogP contribution < -0.4 is 5.32 Å². The number of nitrogens with one attached hydrogen (secondary N) is 1. The molecule has 0 aromatic heterocycles. The van der Waals surface area contributed by atoms with Gasteiger partial charge in [0.2, 0.25) is 5.91 Å². The van der Waals surface area contributed by atoms with E-state index in [1.54, 1.807) is 11.8 Å². The lowest BCUT2D eigenvalue weighted by Crippen LogP contribution is -2.25. The van der Waals surface area contributed by atoms with Crippen molar-refractivity contribution in [1.82, 2.24) is 5.32 Å². The molecule has 0 unspecified atom stereocenters. The van der Waals surface area contributed by atoms with Gasteiger partial charge in [0, 0.05) is 18.7 Å². The van der Waals surface area contributed by atoms with Gasteiger partial charge in [-0.25, -0.2) is 0 Å². The van der Waals surface area contributed by atoms with Gasteiger partial charge in [-0.15, -0.1) is 0 Å². The van der Waals surface area contributed by atoms with Gasteiger partial charge in [0.15, 0.2) is 0 Å². The summed E-state index contributed by atoms with van der Waals surface area (Å²) in [7, 11) is 0. The zero-order valence-corrected chi connectivity index (χ0v) is 17.5. The van der Waals surface area contributed by atoms with Gasteiger partial charge in [-0.2, -0.15) is 11.8 Å². The van der Waals surface area contributed by atoms with E-state index in [0.29, 0.717) is 6.42 Å². The Morgan fingerprint density at radius 1 is 0.808 bits per heavy atom. The molecular weight excluding hydrogens is 338 g/mol. The second-order valence-electron chi connectivity index (χ2n) is 5.94. The van der Waals surface area contributed by atoms with Gasteiger partial charge in [0.05, 0.1) is 0 Å². The molecule has 0 aliphatic carbocycles. The zero-order valence-electron chi connectivity index (χ0n) is 16.7. The molecule has 0 bridgehead atoms. The Morgan fingerprint density at radius 2 is 1.31 bits per heavy atom. The van der Waals surface area contributed by atoms with Crippen LogP contribution in [0.1, 0.15) is 58.3 Å². The average molecular weight is 376 g/mol. The molecular formula is C23H37NOS. The van der Waals surface area contributed by atoms with Gasteiger partial charge in [-0.05, 0) is 51.2 Å². The summed E-state index contributed by atoms with van der Waals surface area (Å²) in [4.78, 5) is 11.5. The molecule has 0 radical (unpaired) electrons. The second kappa shape index (κ2) is 21.6. The number of unbranched alkanes of at least 4 members (excludes halogenated alkanes) is 1. The Kier molecular flexibility index (Phi) is 20.3. The van der Waals surface area contributed by atoms with Crippen LogP contribution in [-0.4, -0.2) is 24.5 Å². The molecule has 0 atom stereocenters. The van der Waals surface area contributed by atoms with Crippen molar-refractivity contribution in [3.8, 4) is 0 Å². The number of amides is 1. The van der Waals surface area contributed by atoms with Gasteiger partial charge >= 0.3 is 0 Å². The normalized spacial score (nSPS) is 12.5. The molecule has 146 valence electrons. The first-order valence-electron chi connectivity index (χ1n) is 9.81. The van der Waals surface area contributed by atoms with E-state index < -0.39 is 0 Å². The monoisotopic (exact) mass is 375 g/mol. The Labute approximate surface area is 165 Å². The minimum Gasteiger partial charge on any atom is -0.355 e. The van der Waals surface area contributed by atoms with Crippen molar-refractivity contribution in [3.63, 3.8) is 0 Å². The minimum atomic E-state index is 0.173. The summed E-state index contributed by atoms with van der Waals surface area (Å²) >= 11 is 1.75. The number of carbonyl (C=O) groups is 1. The van der Waals surface area contributed by atoms with E-state index in [0.717, 1.165) is 57.2 Å². The number of thioether (sulfide) groups is 1. The maximum Gasteiger partial charge on any atom is 0.220 e. The third kappa shape index (κ3) is 20.6. The molecule has 0 aliphatic rings. The number of hydrogen-bond acceptors (Lipinski definition) is 2. The van der Waals surface area contributed by atoms with Crippen molar-refractivity contribution in [2.75, 3.05) is 18.6 Å². The molecule has 0 aromatic rings. The maximum absolute atomic E-state index is 11.5. The van der Waals surface area contributed by atoms with E-state index in [1.165, 1.54) is 0 Å². The van der Waals surface area contributed by atoms with Crippen LogP contribution in [0.2, 0.25) is 0 Å². The van der Waals surface area contributed by atoms with E-state index >= 15 is 0 Å². The fourth-order valence-corrected chi connectivity index (χ4v) is 2.44. The molecule has 2 nitrogen and oxygen atoms in total. The summed E-state index contributed by atoms with van der Waals surface area (Å²) in [5, 5.41) is 2.93. The van der Waals surface area contributed by atoms with Crippen molar-refractivity contribution in [1.29, 1.82) is 0 Å². The molecule has 0 heterocycles. The van der Waals surface area contributed by atoms with E-state index in [9.17, 15) is 4.79 Å². The summed E-state index contributed by atoms with van der Waals surface area (Å²) in [6.45, 7) is 2.93. The predicted octanol–water partition coefficient (Wildman–Crippen LogP) is 6.39. The zero-order chi connectivity index (χ0) is 19.1. The first kappa shape index (κ1) is 24.5. The lowest BCUT2D eigenvalue weighted by atomic mass is 10.2. The van der Waals surface area contributed by atoms with Crippen LogP contribution in [0.4, 0.5) is 0 Å². The summed E-state index contributed by atoms with van der Waals surface area (Å²) in [5.74, 6) is 1.16. The third-order valence-electron chi connectivity index (χ3n) is 3.56. The van der Waals surface area contributed by atoms with Crippen molar-refractivity contribution < 1.29 is 4.79 Å². The van der Waals surface area contributed by atoms with Gasteiger partial charge in [0.25, 0.3) is 0 Å². The number of hydrogen-bond donors (Lipinski definition) is 1. The molecule has 0 saturated carbocycles. The first-order valence-corrected chi connectivity index (χ1v) is 11.2. The van der Waals surface area contributed by atoms with E-state index in [2.05, 4.69) is 73.0 Å². The van der Waals surface area contributed by atoms with Crippen LogP contribution in [0.25, 0.3) is 0 Å². The Morgan fingerprint density at radius 3 is 1.81 bits per heavy atom. The molecule has 1 N–H and O–H groups in total. The predicted molar refractivity (Wildman–Crippen MR) is 120 cm³/mol. The first-order chi connectivity index (χ1) is 12.8. The van der Waals surface area contributed by atoms with Gasteiger partial charge < -0.3 is 5.32 Å². The third-order valence-corrected chi connectivity index (χ3v) is 4.17. The highest BCUT2D eigenvalue weighted by Gasteiger charge is 1.98. The molecule has 0 aromatic carbocycles. The van der Waals surface area contributed by atoms with Gasteiger partial charge in [0.1, 0.15) is 0 Å². The van der Waals surface area contributed by atoms with Crippen LogP contribution >= 0.6 is 11.8 Å². The number of rotatable bonds is 16. The number of allylic oxidation sites excluding steroid dienone is 10. The van der Waals surface area contributed by atoms with Crippen LogP contribution in [0, 0.1) is 0 Å². The van der Waals surface area contributed by atoms with Crippen LogP contribution in [0.15, 0.2) is 60.8 Å². The van der Waals surface area contributed by atoms with Gasteiger partial charge in [-0.3, -0.25) is 4.79 Å². The number of carbonyl (C=O) groups excluding carboxylic acids is 1. The van der Waals surface area contributed by atoms with Crippen molar-refractivity contribution >= 4 is 17.7 Å².